The molecule has 0 amide bonds. The lowest BCUT2D eigenvalue weighted by Gasteiger charge is -1.97. The monoisotopic (exact) mass is 216 g/mol. The SMILES string of the molecule is C=CCOC(=O)c1cc2n(c1)C=CCN=C2. The standard InChI is InChI=1S/C12H12N2O2/c1-2-6-16-12(15)10-7-11-8-13-4-3-5-14(11)9-10/h2-3,5,7-9H,1,4,6H2. The molecule has 1 aliphatic rings. The number of carbonyl (C=O) groups excluding carboxylic acids is 1. The molecular formula is C12H12N2O2. The Balaban J connectivity index is 2.21. The quantitative estimate of drug-likeness (QED) is 0.570. The molecule has 0 atom stereocenters. The van der Waals surface area contributed by atoms with E-state index >= 15 is 0 Å². The van der Waals surface area contributed by atoms with E-state index in [1.54, 1.807) is 24.6 Å². The molecule has 0 aromatic carbocycles. The second kappa shape index (κ2) is 4.61. The summed E-state index contributed by atoms with van der Waals surface area (Å²) in [5.41, 5.74) is 1.40. The number of aliphatic imine (C=N–C) groups is 1. The predicted octanol–water partition coefficient (Wildman–Crippen LogP) is 1.73. The van der Waals surface area contributed by atoms with Gasteiger partial charge in [-0.15, -0.1) is 0 Å². The third-order valence-corrected chi connectivity index (χ3v) is 2.15. The van der Waals surface area contributed by atoms with Crippen LogP contribution in [0.25, 0.3) is 6.20 Å². The van der Waals surface area contributed by atoms with E-state index in [-0.39, 0.29) is 12.6 Å². The van der Waals surface area contributed by atoms with Crippen LogP contribution in [0, 0.1) is 0 Å². The maximum Gasteiger partial charge on any atom is 0.340 e. The first-order valence-corrected chi connectivity index (χ1v) is 4.97. The number of hydrogen-bond acceptors (Lipinski definition) is 3. The molecule has 0 unspecified atom stereocenters. The summed E-state index contributed by atoms with van der Waals surface area (Å²) >= 11 is 0. The fourth-order valence-electron chi connectivity index (χ4n) is 1.43. The minimum Gasteiger partial charge on any atom is -0.458 e. The number of fused-ring (bicyclic) bond motifs is 1. The summed E-state index contributed by atoms with van der Waals surface area (Å²) in [6, 6.07) is 1.75. The third kappa shape index (κ3) is 2.11. The summed E-state index contributed by atoms with van der Waals surface area (Å²) < 4.78 is 6.80. The Bertz CT molecular complexity index is 440. The van der Waals surface area contributed by atoms with E-state index in [1.165, 1.54) is 0 Å². The average molecular weight is 216 g/mol. The first kappa shape index (κ1) is 10.4. The number of ether oxygens (including phenoxy) is 1. The Morgan fingerprint density at radius 1 is 1.69 bits per heavy atom. The smallest absolute Gasteiger partial charge is 0.340 e. The molecule has 1 aromatic rings. The molecule has 0 fully saturated rings. The Labute approximate surface area is 93.6 Å². The van der Waals surface area contributed by atoms with Crippen molar-refractivity contribution >= 4 is 18.4 Å². The summed E-state index contributed by atoms with van der Waals surface area (Å²) in [5, 5.41) is 0. The topological polar surface area (TPSA) is 43.6 Å². The van der Waals surface area contributed by atoms with Gasteiger partial charge in [0.05, 0.1) is 17.8 Å². The lowest BCUT2D eigenvalue weighted by atomic mass is 10.3. The summed E-state index contributed by atoms with van der Waals surface area (Å²) in [6.45, 7) is 4.38. The van der Waals surface area contributed by atoms with Gasteiger partial charge in [0.25, 0.3) is 0 Å². The van der Waals surface area contributed by atoms with Gasteiger partial charge in [-0.25, -0.2) is 4.79 Å². The molecule has 2 heterocycles. The molecule has 4 heteroatoms. The van der Waals surface area contributed by atoms with Crippen LogP contribution in [-0.2, 0) is 4.74 Å². The van der Waals surface area contributed by atoms with Crippen LogP contribution in [0.5, 0.6) is 0 Å². The van der Waals surface area contributed by atoms with Gasteiger partial charge in [-0.2, -0.15) is 0 Å². The van der Waals surface area contributed by atoms with Gasteiger partial charge in [0.2, 0.25) is 0 Å². The summed E-state index contributed by atoms with van der Waals surface area (Å²) in [6.07, 6.45) is 8.82. The van der Waals surface area contributed by atoms with Gasteiger partial charge < -0.3 is 9.30 Å². The van der Waals surface area contributed by atoms with Gasteiger partial charge in [0, 0.05) is 18.6 Å². The number of esters is 1. The van der Waals surface area contributed by atoms with Gasteiger partial charge in [-0.3, -0.25) is 4.99 Å². The maximum atomic E-state index is 11.6. The van der Waals surface area contributed by atoms with E-state index in [9.17, 15) is 4.79 Å². The Kier molecular flexibility index (Phi) is 3.00. The zero-order valence-electron chi connectivity index (χ0n) is 8.80. The van der Waals surface area contributed by atoms with Crippen LogP contribution in [0.3, 0.4) is 0 Å². The van der Waals surface area contributed by atoms with Gasteiger partial charge in [0.1, 0.15) is 6.61 Å². The molecule has 0 bridgehead atoms. The van der Waals surface area contributed by atoms with Crippen LogP contribution in [0.1, 0.15) is 16.1 Å². The van der Waals surface area contributed by atoms with E-state index in [4.69, 9.17) is 4.74 Å². The fraction of sp³-hybridized carbons (Fsp3) is 0.167. The van der Waals surface area contributed by atoms with Crippen LogP contribution in [-0.4, -0.2) is 29.9 Å². The van der Waals surface area contributed by atoms with Crippen molar-refractivity contribution < 1.29 is 9.53 Å². The highest BCUT2D eigenvalue weighted by molar-refractivity contribution is 5.93. The molecular weight excluding hydrogens is 204 g/mol. The molecule has 0 aliphatic carbocycles. The van der Waals surface area contributed by atoms with Gasteiger partial charge in [-0.1, -0.05) is 12.7 Å². The van der Waals surface area contributed by atoms with Crippen molar-refractivity contribution in [3.05, 3.63) is 42.3 Å². The van der Waals surface area contributed by atoms with Crippen molar-refractivity contribution in [3.8, 4) is 0 Å². The Morgan fingerprint density at radius 2 is 2.56 bits per heavy atom. The largest absolute Gasteiger partial charge is 0.458 e. The maximum absolute atomic E-state index is 11.6. The Hall–Kier alpha value is -2.10. The van der Waals surface area contributed by atoms with Crippen LogP contribution in [0.4, 0.5) is 0 Å². The summed E-state index contributed by atoms with van der Waals surface area (Å²) in [4.78, 5) is 15.7. The second-order valence-electron chi connectivity index (χ2n) is 3.33. The molecule has 0 saturated carbocycles. The fourth-order valence-corrected chi connectivity index (χ4v) is 1.43. The molecule has 82 valence electrons. The lowest BCUT2D eigenvalue weighted by molar-refractivity contribution is 0.0550. The molecule has 1 aliphatic heterocycles. The molecule has 0 N–H and O–H groups in total. The normalized spacial score (nSPS) is 13.0. The zero-order chi connectivity index (χ0) is 11.4. The minimum atomic E-state index is -0.345. The van der Waals surface area contributed by atoms with Gasteiger partial charge >= 0.3 is 5.97 Å². The predicted molar refractivity (Wildman–Crippen MR) is 62.7 cm³/mol. The van der Waals surface area contributed by atoms with Crippen LogP contribution in [0.15, 0.2) is 36.0 Å². The average Bonchev–Trinajstić information content (AvgIpc) is 2.58. The molecule has 0 saturated heterocycles. The molecule has 0 radical (unpaired) electrons. The van der Waals surface area contributed by atoms with Crippen LogP contribution in [0.2, 0.25) is 0 Å². The number of carbonyl (C=O) groups is 1. The number of nitrogens with zero attached hydrogens (tertiary/aromatic N) is 2. The molecule has 4 nitrogen and oxygen atoms in total. The van der Waals surface area contributed by atoms with Crippen LogP contribution >= 0.6 is 0 Å². The minimum absolute atomic E-state index is 0.225. The summed E-state index contributed by atoms with van der Waals surface area (Å²) in [5.74, 6) is -0.345. The van der Waals surface area contributed by atoms with E-state index in [0.717, 1.165) is 5.69 Å². The lowest BCUT2D eigenvalue weighted by Crippen LogP contribution is -2.03. The van der Waals surface area contributed by atoms with Crippen molar-refractivity contribution in [2.75, 3.05) is 13.2 Å². The van der Waals surface area contributed by atoms with Crippen LogP contribution < -0.4 is 0 Å². The zero-order valence-corrected chi connectivity index (χ0v) is 8.80. The van der Waals surface area contributed by atoms with Crippen molar-refractivity contribution in [3.63, 3.8) is 0 Å². The summed E-state index contributed by atoms with van der Waals surface area (Å²) in [7, 11) is 0. The van der Waals surface area contributed by atoms with Crippen molar-refractivity contribution in [2.24, 2.45) is 4.99 Å². The number of aromatic nitrogens is 1. The first-order chi connectivity index (χ1) is 7.81. The molecule has 1 aromatic heterocycles. The van der Waals surface area contributed by atoms with E-state index in [0.29, 0.717) is 12.1 Å². The molecule has 16 heavy (non-hydrogen) atoms. The van der Waals surface area contributed by atoms with Crippen molar-refractivity contribution in [1.29, 1.82) is 0 Å². The number of rotatable bonds is 3. The first-order valence-electron chi connectivity index (χ1n) is 4.97. The highest BCUT2D eigenvalue weighted by Gasteiger charge is 2.11. The molecule has 0 spiro atoms. The Morgan fingerprint density at radius 3 is 3.38 bits per heavy atom. The van der Waals surface area contributed by atoms with Crippen molar-refractivity contribution in [1.82, 2.24) is 4.57 Å². The van der Waals surface area contributed by atoms with Crippen molar-refractivity contribution in [2.45, 2.75) is 0 Å². The van der Waals surface area contributed by atoms with E-state index in [2.05, 4.69) is 11.6 Å². The van der Waals surface area contributed by atoms with E-state index in [1.807, 2.05) is 16.8 Å². The van der Waals surface area contributed by atoms with Gasteiger partial charge in [0.15, 0.2) is 0 Å². The highest BCUT2D eigenvalue weighted by atomic mass is 16.5. The second-order valence-corrected chi connectivity index (χ2v) is 3.33. The highest BCUT2D eigenvalue weighted by Crippen LogP contribution is 2.11. The number of hydrogen-bond donors (Lipinski definition) is 0. The van der Waals surface area contributed by atoms with E-state index < -0.39 is 0 Å². The van der Waals surface area contributed by atoms with Gasteiger partial charge in [-0.05, 0) is 12.1 Å². The molecule has 2 rings (SSSR count). The third-order valence-electron chi connectivity index (χ3n) is 2.15.